The average molecular weight is 258 g/mol. The van der Waals surface area contributed by atoms with Gasteiger partial charge in [-0.25, -0.2) is 0 Å². The van der Waals surface area contributed by atoms with Gasteiger partial charge in [-0.05, 0) is 24.5 Å². The van der Waals surface area contributed by atoms with Crippen molar-refractivity contribution in [1.82, 2.24) is 20.4 Å². The van der Waals surface area contributed by atoms with Crippen LogP contribution in [0, 0.1) is 0 Å². The van der Waals surface area contributed by atoms with Crippen LogP contribution in [0.5, 0.6) is 0 Å². The van der Waals surface area contributed by atoms with Crippen molar-refractivity contribution in [1.29, 1.82) is 0 Å². The fourth-order valence-corrected chi connectivity index (χ4v) is 1.77. The highest BCUT2D eigenvalue weighted by Crippen LogP contribution is 2.37. The first kappa shape index (κ1) is 11.8. The lowest BCUT2D eigenvalue weighted by molar-refractivity contribution is -0.120. The van der Waals surface area contributed by atoms with Crippen molar-refractivity contribution in [2.75, 3.05) is 0 Å². The van der Waals surface area contributed by atoms with Gasteiger partial charge in [0.2, 0.25) is 11.8 Å². The van der Waals surface area contributed by atoms with Gasteiger partial charge in [0, 0.05) is 18.3 Å². The molecule has 0 spiro atoms. The van der Waals surface area contributed by atoms with E-state index in [9.17, 15) is 4.79 Å². The van der Waals surface area contributed by atoms with Crippen LogP contribution in [0.2, 0.25) is 0 Å². The van der Waals surface area contributed by atoms with E-state index in [0.29, 0.717) is 18.2 Å². The smallest absolute Gasteiger partial charge is 0.246 e. The maximum atomic E-state index is 11.7. The van der Waals surface area contributed by atoms with Crippen LogP contribution in [0.25, 0.3) is 0 Å². The number of amides is 1. The van der Waals surface area contributed by atoms with Crippen LogP contribution in [0.1, 0.15) is 36.0 Å². The number of pyridine rings is 1. The first-order chi connectivity index (χ1) is 9.31. The highest BCUT2D eigenvalue weighted by Gasteiger charge is 2.28. The van der Waals surface area contributed by atoms with Gasteiger partial charge in [-0.2, -0.15) is 4.98 Å². The Hall–Kier alpha value is -2.24. The van der Waals surface area contributed by atoms with Crippen molar-refractivity contribution < 1.29 is 9.32 Å². The molecule has 2 aromatic rings. The Kier molecular flexibility index (Phi) is 3.22. The summed E-state index contributed by atoms with van der Waals surface area (Å²) in [5, 5.41) is 6.65. The molecule has 1 amide bonds. The van der Waals surface area contributed by atoms with Gasteiger partial charge in [-0.1, -0.05) is 11.2 Å². The number of nitrogens with one attached hydrogen (secondary N) is 1. The Morgan fingerprint density at radius 3 is 3.11 bits per heavy atom. The molecule has 0 atom stereocenters. The molecule has 0 radical (unpaired) electrons. The largest absolute Gasteiger partial charge is 0.347 e. The Morgan fingerprint density at radius 1 is 1.47 bits per heavy atom. The molecule has 2 aromatic heterocycles. The van der Waals surface area contributed by atoms with Gasteiger partial charge in [0.15, 0.2) is 5.82 Å². The van der Waals surface area contributed by atoms with Crippen molar-refractivity contribution in [2.24, 2.45) is 0 Å². The van der Waals surface area contributed by atoms with E-state index in [-0.39, 0.29) is 12.5 Å². The zero-order chi connectivity index (χ0) is 13.1. The van der Waals surface area contributed by atoms with Crippen LogP contribution in [0.4, 0.5) is 0 Å². The van der Waals surface area contributed by atoms with Gasteiger partial charge in [-0.15, -0.1) is 0 Å². The topological polar surface area (TPSA) is 80.9 Å². The van der Waals surface area contributed by atoms with Crippen LogP contribution in [-0.4, -0.2) is 21.0 Å². The molecule has 1 aliphatic rings. The van der Waals surface area contributed by atoms with Gasteiger partial charge < -0.3 is 9.84 Å². The first-order valence-electron chi connectivity index (χ1n) is 6.29. The Balaban J connectivity index is 1.49. The van der Waals surface area contributed by atoms with Gasteiger partial charge in [0.05, 0.1) is 13.0 Å². The lowest BCUT2D eigenvalue weighted by Gasteiger charge is -2.01. The molecule has 0 aliphatic heterocycles. The molecular formula is C13H14N4O2. The van der Waals surface area contributed by atoms with Gasteiger partial charge in [0.25, 0.3) is 0 Å². The summed E-state index contributed by atoms with van der Waals surface area (Å²) in [5.74, 6) is 1.60. The summed E-state index contributed by atoms with van der Waals surface area (Å²) in [6.45, 7) is 0.277. The molecule has 98 valence electrons. The van der Waals surface area contributed by atoms with Crippen molar-refractivity contribution in [2.45, 2.75) is 31.7 Å². The van der Waals surface area contributed by atoms with E-state index < -0.39 is 0 Å². The maximum absolute atomic E-state index is 11.7. The summed E-state index contributed by atoms with van der Waals surface area (Å²) in [5.41, 5.74) is 0.879. The number of carbonyl (C=O) groups is 1. The summed E-state index contributed by atoms with van der Waals surface area (Å²) in [6.07, 6.45) is 5.92. The molecule has 6 nitrogen and oxygen atoms in total. The summed E-state index contributed by atoms with van der Waals surface area (Å²) < 4.78 is 5.08. The van der Waals surface area contributed by atoms with E-state index in [4.69, 9.17) is 4.52 Å². The minimum atomic E-state index is -0.0841. The van der Waals surface area contributed by atoms with Gasteiger partial charge in [0.1, 0.15) is 0 Å². The molecule has 0 bridgehead atoms. The number of hydrogen-bond acceptors (Lipinski definition) is 5. The number of rotatable bonds is 5. The van der Waals surface area contributed by atoms with Crippen molar-refractivity contribution >= 4 is 5.91 Å². The van der Waals surface area contributed by atoms with E-state index >= 15 is 0 Å². The second-order valence-corrected chi connectivity index (χ2v) is 4.64. The van der Waals surface area contributed by atoms with Crippen LogP contribution in [-0.2, 0) is 17.8 Å². The molecule has 1 fully saturated rings. The van der Waals surface area contributed by atoms with E-state index in [1.165, 1.54) is 0 Å². The normalized spacial score (nSPS) is 14.3. The number of hydrogen-bond donors (Lipinski definition) is 1. The minimum absolute atomic E-state index is 0.0841. The van der Waals surface area contributed by atoms with E-state index in [2.05, 4.69) is 20.4 Å². The standard InChI is InChI=1S/C13H14N4O2/c18-11(6-9-2-1-5-14-7-9)15-8-12-16-13(17-19-12)10-3-4-10/h1-2,5,7,10H,3-4,6,8H2,(H,15,18). The van der Waals surface area contributed by atoms with Crippen molar-refractivity contribution in [3.8, 4) is 0 Å². The van der Waals surface area contributed by atoms with E-state index in [1.807, 2.05) is 12.1 Å². The highest BCUT2D eigenvalue weighted by molar-refractivity contribution is 5.78. The minimum Gasteiger partial charge on any atom is -0.347 e. The Morgan fingerprint density at radius 2 is 2.37 bits per heavy atom. The Labute approximate surface area is 110 Å². The zero-order valence-corrected chi connectivity index (χ0v) is 10.4. The monoisotopic (exact) mass is 258 g/mol. The number of carbonyl (C=O) groups excluding carboxylic acids is 1. The predicted molar refractivity (Wildman–Crippen MR) is 66.1 cm³/mol. The zero-order valence-electron chi connectivity index (χ0n) is 10.4. The molecule has 6 heteroatoms. The van der Waals surface area contributed by atoms with Crippen LogP contribution >= 0.6 is 0 Å². The summed E-state index contributed by atoms with van der Waals surface area (Å²) >= 11 is 0. The van der Waals surface area contributed by atoms with Crippen LogP contribution in [0.15, 0.2) is 29.0 Å². The Bertz CT molecular complexity index is 563. The molecule has 0 unspecified atom stereocenters. The molecule has 0 saturated heterocycles. The summed E-state index contributed by atoms with van der Waals surface area (Å²) in [7, 11) is 0. The number of nitrogens with zero attached hydrogens (tertiary/aromatic N) is 3. The molecule has 3 rings (SSSR count). The van der Waals surface area contributed by atoms with Crippen LogP contribution in [0.3, 0.4) is 0 Å². The third-order valence-electron chi connectivity index (χ3n) is 2.95. The fourth-order valence-electron chi connectivity index (χ4n) is 1.77. The predicted octanol–water partition coefficient (Wildman–Crippen LogP) is 1.20. The lowest BCUT2D eigenvalue weighted by atomic mass is 10.2. The van der Waals surface area contributed by atoms with E-state index in [0.717, 1.165) is 24.2 Å². The molecule has 1 N–H and O–H groups in total. The third kappa shape index (κ3) is 3.15. The number of aromatic nitrogens is 3. The fraction of sp³-hybridized carbons (Fsp3) is 0.385. The van der Waals surface area contributed by atoms with Crippen molar-refractivity contribution in [3.63, 3.8) is 0 Å². The third-order valence-corrected chi connectivity index (χ3v) is 2.95. The first-order valence-corrected chi connectivity index (χ1v) is 6.29. The molecule has 1 aliphatic carbocycles. The highest BCUT2D eigenvalue weighted by atomic mass is 16.5. The van der Waals surface area contributed by atoms with Crippen molar-refractivity contribution in [3.05, 3.63) is 41.8 Å². The van der Waals surface area contributed by atoms with Gasteiger partial charge >= 0.3 is 0 Å². The van der Waals surface area contributed by atoms with Crippen LogP contribution < -0.4 is 5.32 Å². The lowest BCUT2D eigenvalue weighted by Crippen LogP contribution is -2.24. The maximum Gasteiger partial charge on any atom is 0.246 e. The second kappa shape index (κ2) is 5.17. The molecule has 1 saturated carbocycles. The molecule has 0 aromatic carbocycles. The SMILES string of the molecule is O=C(Cc1cccnc1)NCc1nc(C2CC2)no1. The quantitative estimate of drug-likeness (QED) is 0.871. The average Bonchev–Trinajstić information content (AvgIpc) is 3.17. The second-order valence-electron chi connectivity index (χ2n) is 4.64. The summed E-state index contributed by atoms with van der Waals surface area (Å²) in [4.78, 5) is 19.9. The summed E-state index contributed by atoms with van der Waals surface area (Å²) in [6, 6.07) is 3.67. The molecule has 2 heterocycles. The van der Waals surface area contributed by atoms with E-state index in [1.54, 1.807) is 12.4 Å². The molecular weight excluding hydrogens is 244 g/mol. The molecule has 19 heavy (non-hydrogen) atoms. The van der Waals surface area contributed by atoms with Gasteiger partial charge in [-0.3, -0.25) is 9.78 Å².